The third-order valence-corrected chi connectivity index (χ3v) is 6.91. The fourth-order valence-corrected chi connectivity index (χ4v) is 4.80. The summed E-state index contributed by atoms with van der Waals surface area (Å²) < 4.78 is 1.37. The molecule has 2 heteroatoms. The predicted molar refractivity (Wildman–Crippen MR) is 151 cm³/mol. The van der Waals surface area contributed by atoms with E-state index in [0.29, 0.717) is 0 Å². The Labute approximate surface area is 214 Å². The Morgan fingerprint density at radius 2 is 1.40 bits per heavy atom. The Hall–Kier alpha value is -2.74. The van der Waals surface area contributed by atoms with Crippen LogP contribution in [-0.4, -0.2) is 4.70 Å². The summed E-state index contributed by atoms with van der Waals surface area (Å²) in [5, 5.41) is 0. The third kappa shape index (κ3) is 8.46. The highest BCUT2D eigenvalue weighted by Gasteiger charge is 2.24. The van der Waals surface area contributed by atoms with E-state index in [0.717, 1.165) is 41.8 Å². The van der Waals surface area contributed by atoms with E-state index < -0.39 is 0 Å². The quantitative estimate of drug-likeness (QED) is 0.133. The van der Waals surface area contributed by atoms with E-state index in [1.165, 1.54) is 80.0 Å². The number of hydrogen-bond acceptors (Lipinski definition) is 0. The van der Waals surface area contributed by atoms with E-state index in [1.54, 1.807) is 0 Å². The van der Waals surface area contributed by atoms with Crippen LogP contribution in [0.25, 0.3) is 16.9 Å². The molecular formula is C33H44N2. The van der Waals surface area contributed by atoms with Crippen molar-refractivity contribution in [2.75, 3.05) is 0 Å². The molecule has 0 radical (unpaired) electrons. The molecule has 1 aliphatic heterocycles. The fourth-order valence-electron chi connectivity index (χ4n) is 4.80. The minimum Gasteiger partial charge on any atom is -0.493 e. The van der Waals surface area contributed by atoms with Gasteiger partial charge in [0.25, 0.3) is 0 Å². The van der Waals surface area contributed by atoms with E-state index in [9.17, 15) is 5.53 Å². The molecule has 1 aliphatic rings. The topological polar surface area (TPSA) is 25.3 Å². The molecule has 0 spiro atoms. The molecule has 0 atom stereocenters. The molecule has 0 amide bonds. The molecule has 0 unspecified atom stereocenters. The normalized spacial score (nSPS) is 13.5. The highest BCUT2D eigenvalue weighted by atomic mass is 15.2. The Morgan fingerprint density at radius 3 is 2.23 bits per heavy atom. The van der Waals surface area contributed by atoms with Crippen molar-refractivity contribution >= 4 is 11.4 Å². The molecule has 2 nitrogen and oxygen atoms in total. The lowest BCUT2D eigenvalue weighted by atomic mass is 10.00. The van der Waals surface area contributed by atoms with Gasteiger partial charge in [0.2, 0.25) is 11.4 Å². The summed E-state index contributed by atoms with van der Waals surface area (Å²) in [5.41, 5.74) is 17.6. The smallest absolute Gasteiger partial charge is 0.207 e. The lowest BCUT2D eigenvalue weighted by Gasteiger charge is -2.12. The summed E-state index contributed by atoms with van der Waals surface area (Å²) in [5.74, 6) is 0. The number of allylic oxidation sites excluding steroid dienone is 4. The maximum absolute atomic E-state index is 11.1. The van der Waals surface area contributed by atoms with Gasteiger partial charge >= 0.3 is 0 Å². The molecule has 0 N–H and O–H groups in total. The van der Waals surface area contributed by atoms with Gasteiger partial charge in [-0.1, -0.05) is 101 Å². The molecule has 0 saturated carbocycles. The summed E-state index contributed by atoms with van der Waals surface area (Å²) in [6.45, 7) is 4.49. The second-order valence-corrected chi connectivity index (χ2v) is 9.80. The average Bonchev–Trinajstić information content (AvgIpc) is 3.27. The Bertz CT molecular complexity index is 1020. The second kappa shape index (κ2) is 15.3. The van der Waals surface area contributed by atoms with Crippen LogP contribution in [0.1, 0.15) is 107 Å². The van der Waals surface area contributed by atoms with Crippen LogP contribution in [0.2, 0.25) is 0 Å². The van der Waals surface area contributed by atoms with Crippen molar-refractivity contribution in [3.63, 3.8) is 0 Å². The summed E-state index contributed by atoms with van der Waals surface area (Å²) in [7, 11) is 0. The van der Waals surface area contributed by atoms with Crippen molar-refractivity contribution in [2.45, 2.75) is 97.3 Å². The maximum Gasteiger partial charge on any atom is 0.207 e. The fraction of sp³-hybridized carbons (Fsp3) is 0.455. The number of aryl methyl sites for hydroxylation is 2. The molecule has 2 aromatic rings. The van der Waals surface area contributed by atoms with Crippen molar-refractivity contribution in [2.24, 2.45) is 0 Å². The number of nitrogens with zero attached hydrogens (tertiary/aromatic N) is 2. The van der Waals surface area contributed by atoms with Crippen LogP contribution in [0.15, 0.2) is 72.8 Å². The van der Waals surface area contributed by atoms with Gasteiger partial charge in [-0.25, -0.2) is 4.70 Å². The molecule has 1 heterocycles. The molecule has 0 aliphatic carbocycles. The third-order valence-electron chi connectivity index (χ3n) is 6.91. The summed E-state index contributed by atoms with van der Waals surface area (Å²) in [6.07, 6.45) is 25.0. The lowest BCUT2D eigenvalue weighted by molar-refractivity contribution is -0.344. The SMILES string of the molecule is CCCCCCCCCC=CCCc1ccccc1C1=CC=C(c2cccc(CCCC)c2)[N+]1=[N-]. The molecule has 2 aromatic carbocycles. The second-order valence-electron chi connectivity index (χ2n) is 9.80. The molecule has 0 bridgehead atoms. The number of benzene rings is 2. The van der Waals surface area contributed by atoms with Gasteiger partial charge in [-0.2, -0.15) is 0 Å². The van der Waals surface area contributed by atoms with Gasteiger partial charge < -0.3 is 5.53 Å². The number of hydrogen-bond donors (Lipinski definition) is 0. The molecule has 35 heavy (non-hydrogen) atoms. The molecule has 0 fully saturated rings. The lowest BCUT2D eigenvalue weighted by Crippen LogP contribution is -2.04. The van der Waals surface area contributed by atoms with Crippen LogP contribution in [0, 0.1) is 0 Å². The molecule has 186 valence electrons. The van der Waals surface area contributed by atoms with Gasteiger partial charge in [-0.3, -0.25) is 0 Å². The standard InChI is InChI=1S/C33H44N2/c1-3-5-7-8-9-10-11-12-13-14-15-21-29-22-16-17-24-31(29)33-26-25-32(35(33)34)30-23-18-20-28(27-30)19-6-4-2/h13-14,16-18,20,22-27H,3-12,15,19,21H2,1-2H3. The zero-order valence-electron chi connectivity index (χ0n) is 22.0. The highest BCUT2D eigenvalue weighted by molar-refractivity contribution is 5.76. The van der Waals surface area contributed by atoms with Crippen LogP contribution >= 0.6 is 0 Å². The molecule has 0 saturated heterocycles. The minimum absolute atomic E-state index is 0.850. The van der Waals surface area contributed by atoms with Gasteiger partial charge in [0.1, 0.15) is 0 Å². The van der Waals surface area contributed by atoms with Gasteiger partial charge in [-0.15, -0.1) is 0 Å². The number of unbranched alkanes of at least 4 members (excludes halogenated alkanes) is 8. The maximum atomic E-state index is 11.1. The highest BCUT2D eigenvalue weighted by Crippen LogP contribution is 2.33. The molecular weight excluding hydrogens is 424 g/mol. The van der Waals surface area contributed by atoms with Crippen LogP contribution < -0.4 is 0 Å². The van der Waals surface area contributed by atoms with Crippen LogP contribution in [0.5, 0.6) is 0 Å². The van der Waals surface area contributed by atoms with Gasteiger partial charge in [-0.05, 0) is 67.9 Å². The first-order chi connectivity index (χ1) is 17.2. The van der Waals surface area contributed by atoms with Gasteiger partial charge in [0, 0.05) is 23.3 Å². The van der Waals surface area contributed by atoms with Gasteiger partial charge in [0.15, 0.2) is 0 Å². The minimum atomic E-state index is 0.850. The van der Waals surface area contributed by atoms with Crippen LogP contribution in [0.3, 0.4) is 0 Å². The Morgan fingerprint density at radius 1 is 0.686 bits per heavy atom. The van der Waals surface area contributed by atoms with Crippen LogP contribution in [-0.2, 0) is 12.8 Å². The Balaban J connectivity index is 1.51. The monoisotopic (exact) mass is 468 g/mol. The first-order valence-electron chi connectivity index (χ1n) is 14.0. The van der Waals surface area contributed by atoms with Crippen molar-refractivity contribution < 1.29 is 4.70 Å². The van der Waals surface area contributed by atoms with E-state index in [-0.39, 0.29) is 0 Å². The van der Waals surface area contributed by atoms with Gasteiger partial charge in [0.05, 0.1) is 0 Å². The first-order valence-corrected chi connectivity index (χ1v) is 14.0. The summed E-state index contributed by atoms with van der Waals surface area (Å²) in [6, 6.07) is 17.1. The zero-order valence-corrected chi connectivity index (χ0v) is 22.0. The summed E-state index contributed by atoms with van der Waals surface area (Å²) >= 11 is 0. The van der Waals surface area contributed by atoms with Crippen molar-refractivity contribution in [3.8, 4) is 0 Å². The predicted octanol–water partition coefficient (Wildman–Crippen LogP) is 10.1. The zero-order chi connectivity index (χ0) is 24.7. The molecule has 3 rings (SSSR count). The average molecular weight is 469 g/mol. The largest absolute Gasteiger partial charge is 0.493 e. The summed E-state index contributed by atoms with van der Waals surface area (Å²) in [4.78, 5) is 0. The van der Waals surface area contributed by atoms with Crippen molar-refractivity contribution in [1.82, 2.24) is 0 Å². The van der Waals surface area contributed by atoms with Crippen LogP contribution in [0.4, 0.5) is 0 Å². The van der Waals surface area contributed by atoms with Crippen molar-refractivity contribution in [3.05, 3.63) is 101 Å². The Kier molecular flexibility index (Phi) is 11.7. The molecule has 0 aromatic heterocycles. The van der Waals surface area contributed by atoms with Crippen molar-refractivity contribution in [1.29, 1.82) is 0 Å². The van der Waals surface area contributed by atoms with E-state index in [4.69, 9.17) is 0 Å². The van der Waals surface area contributed by atoms with E-state index >= 15 is 0 Å². The van der Waals surface area contributed by atoms with E-state index in [2.05, 4.69) is 74.5 Å². The first kappa shape index (κ1) is 26.9. The number of rotatable bonds is 16. The van der Waals surface area contributed by atoms with E-state index in [1.807, 2.05) is 12.2 Å².